The zero-order chi connectivity index (χ0) is 15.1. The molecule has 0 heterocycles. The van der Waals surface area contributed by atoms with Crippen LogP contribution in [0.25, 0.3) is 0 Å². The van der Waals surface area contributed by atoms with Crippen molar-refractivity contribution in [2.24, 2.45) is 11.8 Å². The Morgan fingerprint density at radius 2 is 2.00 bits per heavy atom. The van der Waals surface area contributed by atoms with E-state index in [9.17, 15) is 14.4 Å². The summed E-state index contributed by atoms with van der Waals surface area (Å²) in [6.07, 6.45) is 1.72. The second kappa shape index (κ2) is 8.29. The molecule has 0 aromatic rings. The van der Waals surface area contributed by atoms with Crippen molar-refractivity contribution in [1.82, 2.24) is 0 Å². The molecule has 2 unspecified atom stereocenters. The highest BCUT2D eigenvalue weighted by Gasteiger charge is 2.43. The van der Waals surface area contributed by atoms with Gasteiger partial charge in [-0.2, -0.15) is 0 Å². The lowest BCUT2D eigenvalue weighted by molar-refractivity contribution is -0.171. The summed E-state index contributed by atoms with van der Waals surface area (Å²) in [6.45, 7) is 4.70. The van der Waals surface area contributed by atoms with E-state index in [1.54, 1.807) is 6.92 Å². The number of hydrogen-bond donors (Lipinski definition) is 2. The molecule has 0 saturated heterocycles. The van der Waals surface area contributed by atoms with Crippen LogP contribution in [0.1, 0.15) is 40.0 Å². The lowest BCUT2D eigenvalue weighted by Gasteiger charge is -2.21. The van der Waals surface area contributed by atoms with E-state index in [0.717, 1.165) is 19.8 Å². The Bertz CT molecular complexity index is 347. The standard InChI is InChI=1S/C12H21NO5S/c1-4-5-6-19-10(15)8(2)7-9(14)12(3,18-13)11(16)17/h8H,4-7,13H2,1-3H3,(H,16,17). The average molecular weight is 291 g/mol. The molecule has 0 aliphatic carbocycles. The molecule has 0 bridgehead atoms. The first-order valence-electron chi connectivity index (χ1n) is 6.10. The van der Waals surface area contributed by atoms with E-state index in [2.05, 4.69) is 4.84 Å². The number of carbonyl (C=O) groups is 3. The van der Waals surface area contributed by atoms with E-state index in [1.165, 1.54) is 11.8 Å². The number of unbranched alkanes of at least 4 members (excludes halogenated alkanes) is 1. The molecule has 110 valence electrons. The van der Waals surface area contributed by atoms with Crippen molar-refractivity contribution in [2.45, 2.75) is 45.6 Å². The molecule has 0 aromatic heterocycles. The van der Waals surface area contributed by atoms with Gasteiger partial charge in [-0.25, -0.2) is 10.7 Å². The Balaban J connectivity index is 4.47. The van der Waals surface area contributed by atoms with Gasteiger partial charge in [-0.1, -0.05) is 32.0 Å². The predicted octanol–water partition coefficient (Wildman–Crippen LogP) is 1.38. The van der Waals surface area contributed by atoms with Crippen LogP contribution in [0.2, 0.25) is 0 Å². The molecule has 0 spiro atoms. The highest BCUT2D eigenvalue weighted by molar-refractivity contribution is 8.13. The number of thioether (sulfide) groups is 1. The fourth-order valence-corrected chi connectivity index (χ4v) is 2.25. The van der Waals surface area contributed by atoms with Gasteiger partial charge in [-0.3, -0.25) is 14.4 Å². The van der Waals surface area contributed by atoms with Crippen molar-refractivity contribution in [1.29, 1.82) is 0 Å². The zero-order valence-electron chi connectivity index (χ0n) is 11.5. The largest absolute Gasteiger partial charge is 0.479 e. The summed E-state index contributed by atoms with van der Waals surface area (Å²) >= 11 is 1.17. The quantitative estimate of drug-likeness (QED) is 0.375. The molecule has 3 N–H and O–H groups in total. The molecule has 0 aromatic carbocycles. The zero-order valence-corrected chi connectivity index (χ0v) is 12.3. The number of carboxylic acid groups (broad SMARTS) is 1. The summed E-state index contributed by atoms with van der Waals surface area (Å²) in [6, 6.07) is 0. The number of hydrogen-bond acceptors (Lipinski definition) is 6. The van der Waals surface area contributed by atoms with Gasteiger partial charge in [0.05, 0.1) is 0 Å². The SMILES string of the molecule is CCCCSC(=O)C(C)CC(=O)C(C)(ON)C(=O)O. The number of carbonyl (C=O) groups excluding carboxylic acids is 2. The minimum absolute atomic E-state index is 0.119. The van der Waals surface area contributed by atoms with Gasteiger partial charge in [-0.15, -0.1) is 0 Å². The summed E-state index contributed by atoms with van der Waals surface area (Å²) < 4.78 is 0. The molecular weight excluding hydrogens is 270 g/mol. The van der Waals surface area contributed by atoms with Crippen LogP contribution in [0.15, 0.2) is 0 Å². The Hall–Kier alpha value is -0.920. The minimum Gasteiger partial charge on any atom is -0.479 e. The number of carboxylic acids is 1. The molecular formula is C12H21NO5S. The second-order valence-corrected chi connectivity index (χ2v) is 5.60. The number of ketones is 1. The highest BCUT2D eigenvalue weighted by atomic mass is 32.2. The topological polar surface area (TPSA) is 107 Å². The molecule has 6 nitrogen and oxygen atoms in total. The number of nitrogens with two attached hydrogens (primary N) is 1. The average Bonchev–Trinajstić information content (AvgIpc) is 2.37. The van der Waals surface area contributed by atoms with Crippen molar-refractivity contribution in [3.63, 3.8) is 0 Å². The number of Topliss-reactive ketones (excluding diaryl/α,β-unsaturated/α-hetero) is 1. The van der Waals surface area contributed by atoms with E-state index in [0.29, 0.717) is 5.75 Å². The van der Waals surface area contributed by atoms with E-state index < -0.39 is 23.3 Å². The van der Waals surface area contributed by atoms with Gasteiger partial charge in [0.25, 0.3) is 0 Å². The van der Waals surface area contributed by atoms with Gasteiger partial charge in [-0.05, 0) is 13.3 Å². The van der Waals surface area contributed by atoms with E-state index in [-0.39, 0.29) is 11.5 Å². The van der Waals surface area contributed by atoms with Crippen LogP contribution in [0.5, 0.6) is 0 Å². The van der Waals surface area contributed by atoms with Crippen LogP contribution in [-0.2, 0) is 19.2 Å². The van der Waals surface area contributed by atoms with Crippen molar-refractivity contribution >= 4 is 28.6 Å². The van der Waals surface area contributed by atoms with E-state index in [1.807, 2.05) is 6.92 Å². The van der Waals surface area contributed by atoms with Gasteiger partial charge >= 0.3 is 5.97 Å². The van der Waals surface area contributed by atoms with E-state index in [4.69, 9.17) is 11.0 Å². The molecule has 0 fully saturated rings. The summed E-state index contributed by atoms with van der Waals surface area (Å²) in [7, 11) is 0. The van der Waals surface area contributed by atoms with Gasteiger partial charge in [0.15, 0.2) is 10.9 Å². The first kappa shape index (κ1) is 18.1. The third-order valence-corrected chi connectivity index (χ3v) is 3.99. The Morgan fingerprint density at radius 3 is 2.42 bits per heavy atom. The normalized spacial score (nSPS) is 15.6. The van der Waals surface area contributed by atoms with Crippen molar-refractivity contribution in [3.8, 4) is 0 Å². The molecule has 7 heteroatoms. The van der Waals surface area contributed by atoms with Crippen LogP contribution < -0.4 is 5.90 Å². The Kier molecular flexibility index (Phi) is 7.89. The molecule has 0 radical (unpaired) electrons. The monoisotopic (exact) mass is 291 g/mol. The molecule has 0 aliphatic heterocycles. The molecule has 19 heavy (non-hydrogen) atoms. The fourth-order valence-electron chi connectivity index (χ4n) is 1.25. The maximum absolute atomic E-state index is 11.8. The van der Waals surface area contributed by atoms with Gasteiger partial charge < -0.3 is 5.11 Å². The second-order valence-electron chi connectivity index (χ2n) is 4.51. The van der Waals surface area contributed by atoms with Gasteiger partial charge in [0.1, 0.15) is 0 Å². The lowest BCUT2D eigenvalue weighted by atomic mass is 9.93. The third-order valence-electron chi connectivity index (χ3n) is 2.81. The first-order chi connectivity index (χ1) is 8.79. The van der Waals surface area contributed by atoms with Crippen LogP contribution >= 0.6 is 11.8 Å². The van der Waals surface area contributed by atoms with Crippen LogP contribution in [0.3, 0.4) is 0 Å². The molecule has 0 amide bonds. The van der Waals surface area contributed by atoms with Crippen LogP contribution in [-0.4, -0.2) is 33.3 Å². The predicted molar refractivity (Wildman–Crippen MR) is 72.5 cm³/mol. The van der Waals surface area contributed by atoms with Crippen LogP contribution in [0, 0.1) is 5.92 Å². The van der Waals surface area contributed by atoms with Crippen molar-refractivity contribution < 1.29 is 24.3 Å². The lowest BCUT2D eigenvalue weighted by Crippen LogP contribution is -2.48. The summed E-state index contributed by atoms with van der Waals surface area (Å²) in [5.74, 6) is 2.85. The Labute approximate surface area is 117 Å². The maximum atomic E-state index is 11.8. The Morgan fingerprint density at radius 1 is 1.42 bits per heavy atom. The molecule has 0 aliphatic rings. The fraction of sp³-hybridized carbons (Fsp3) is 0.750. The minimum atomic E-state index is -2.09. The summed E-state index contributed by atoms with van der Waals surface area (Å²) in [4.78, 5) is 38.8. The van der Waals surface area contributed by atoms with Crippen molar-refractivity contribution in [3.05, 3.63) is 0 Å². The third kappa shape index (κ3) is 5.30. The highest BCUT2D eigenvalue weighted by Crippen LogP contribution is 2.20. The molecule has 0 rings (SSSR count). The van der Waals surface area contributed by atoms with E-state index >= 15 is 0 Å². The summed E-state index contributed by atoms with van der Waals surface area (Å²) in [5.41, 5.74) is -2.09. The van der Waals surface area contributed by atoms with Gasteiger partial charge in [0, 0.05) is 18.1 Å². The maximum Gasteiger partial charge on any atom is 0.345 e. The number of rotatable bonds is 9. The number of aliphatic carboxylic acids is 1. The molecule has 2 atom stereocenters. The van der Waals surface area contributed by atoms with Crippen molar-refractivity contribution in [2.75, 3.05) is 5.75 Å². The van der Waals surface area contributed by atoms with Crippen LogP contribution in [0.4, 0.5) is 0 Å². The van der Waals surface area contributed by atoms with Gasteiger partial charge in [0.2, 0.25) is 5.60 Å². The molecule has 0 saturated carbocycles. The smallest absolute Gasteiger partial charge is 0.345 e. The first-order valence-corrected chi connectivity index (χ1v) is 7.09. The summed E-state index contributed by atoms with van der Waals surface area (Å²) in [5, 5.41) is 8.79.